The number of carbonyl (C=O) groups excluding carboxylic acids is 1. The zero-order valence-corrected chi connectivity index (χ0v) is 10.8. The molecule has 19 heavy (non-hydrogen) atoms. The van der Waals surface area contributed by atoms with Crippen molar-refractivity contribution >= 4 is 11.4 Å². The van der Waals surface area contributed by atoms with Gasteiger partial charge in [0.25, 0.3) is 0 Å². The molecule has 0 N–H and O–H groups in total. The highest BCUT2D eigenvalue weighted by atomic mass is 16.1. The summed E-state index contributed by atoms with van der Waals surface area (Å²) in [5.41, 5.74) is 3.61. The molecule has 0 bridgehead atoms. The van der Waals surface area contributed by atoms with Crippen LogP contribution < -0.4 is 0 Å². The van der Waals surface area contributed by atoms with Gasteiger partial charge < -0.3 is 0 Å². The van der Waals surface area contributed by atoms with Crippen molar-refractivity contribution in [3.63, 3.8) is 0 Å². The smallest absolute Gasteiger partial charge is 0.229 e. The van der Waals surface area contributed by atoms with Gasteiger partial charge in [0.15, 0.2) is 0 Å². The Bertz CT molecular complexity index is 760. The molecule has 0 aliphatic carbocycles. The maximum Gasteiger partial charge on any atom is 0.229 e. The van der Waals surface area contributed by atoms with Crippen LogP contribution in [0.15, 0.2) is 42.7 Å². The lowest BCUT2D eigenvalue weighted by atomic mass is 10.1. The molecule has 0 saturated carbocycles. The van der Waals surface area contributed by atoms with Crippen LogP contribution in [0, 0.1) is 13.8 Å². The van der Waals surface area contributed by atoms with Crippen molar-refractivity contribution in [3.05, 3.63) is 65.4 Å². The topological polar surface area (TPSA) is 47.3 Å². The highest BCUT2D eigenvalue weighted by Crippen LogP contribution is 2.16. The first-order valence-corrected chi connectivity index (χ1v) is 6.08. The van der Waals surface area contributed by atoms with E-state index in [1.807, 2.05) is 42.6 Å². The standard InChI is InChI=1S/C15H13N3O/c1-10-6-7-13-17-11(2)14(18(13)9-10)15(19)12-5-3-4-8-16-12/h3-9H,1-2H3. The molecule has 94 valence electrons. The van der Waals surface area contributed by atoms with Crippen LogP contribution in [0.4, 0.5) is 0 Å². The number of ketones is 1. The molecule has 0 saturated heterocycles. The van der Waals surface area contributed by atoms with Crippen LogP contribution in [-0.4, -0.2) is 20.2 Å². The van der Waals surface area contributed by atoms with Gasteiger partial charge in [-0.25, -0.2) is 4.98 Å². The highest BCUT2D eigenvalue weighted by molar-refractivity contribution is 6.07. The number of aromatic nitrogens is 3. The third-order valence-corrected chi connectivity index (χ3v) is 3.05. The van der Waals surface area contributed by atoms with Crippen LogP contribution in [0.2, 0.25) is 0 Å². The summed E-state index contributed by atoms with van der Waals surface area (Å²) in [6.45, 7) is 3.84. The number of imidazole rings is 1. The Morgan fingerprint density at radius 2 is 2.00 bits per heavy atom. The third kappa shape index (κ3) is 1.91. The average molecular weight is 251 g/mol. The molecule has 3 aromatic heterocycles. The second-order valence-corrected chi connectivity index (χ2v) is 4.52. The Morgan fingerprint density at radius 3 is 2.74 bits per heavy atom. The first kappa shape index (κ1) is 11.6. The van der Waals surface area contributed by atoms with Crippen molar-refractivity contribution in [1.82, 2.24) is 14.4 Å². The first-order valence-electron chi connectivity index (χ1n) is 6.08. The van der Waals surface area contributed by atoms with Crippen LogP contribution in [0.25, 0.3) is 5.65 Å². The number of pyridine rings is 2. The van der Waals surface area contributed by atoms with Crippen molar-refractivity contribution in [2.24, 2.45) is 0 Å². The van der Waals surface area contributed by atoms with Crippen molar-refractivity contribution in [3.8, 4) is 0 Å². The summed E-state index contributed by atoms with van der Waals surface area (Å²) in [5, 5.41) is 0. The average Bonchev–Trinajstić information content (AvgIpc) is 2.74. The summed E-state index contributed by atoms with van der Waals surface area (Å²) in [6.07, 6.45) is 3.54. The Morgan fingerprint density at radius 1 is 1.16 bits per heavy atom. The van der Waals surface area contributed by atoms with Crippen molar-refractivity contribution in [2.45, 2.75) is 13.8 Å². The summed E-state index contributed by atoms with van der Waals surface area (Å²) >= 11 is 0. The zero-order valence-electron chi connectivity index (χ0n) is 10.8. The predicted molar refractivity (Wildman–Crippen MR) is 72.3 cm³/mol. The van der Waals surface area contributed by atoms with Crippen LogP contribution in [-0.2, 0) is 0 Å². The molecule has 3 rings (SSSR count). The number of rotatable bonds is 2. The lowest BCUT2D eigenvalue weighted by molar-refractivity contribution is 0.102. The summed E-state index contributed by atoms with van der Waals surface area (Å²) < 4.78 is 1.84. The Kier molecular flexibility index (Phi) is 2.63. The molecule has 4 heteroatoms. The zero-order chi connectivity index (χ0) is 13.4. The molecule has 0 radical (unpaired) electrons. The lowest BCUT2D eigenvalue weighted by Gasteiger charge is -2.02. The molecular formula is C15H13N3O. The Labute approximate surface area is 110 Å². The van der Waals surface area contributed by atoms with Gasteiger partial charge in [0.1, 0.15) is 17.0 Å². The molecule has 0 fully saturated rings. The largest absolute Gasteiger partial charge is 0.296 e. The molecule has 0 aliphatic rings. The fourth-order valence-corrected chi connectivity index (χ4v) is 2.16. The summed E-state index contributed by atoms with van der Waals surface area (Å²) in [6, 6.07) is 9.22. The minimum Gasteiger partial charge on any atom is -0.296 e. The highest BCUT2D eigenvalue weighted by Gasteiger charge is 2.18. The van der Waals surface area contributed by atoms with Gasteiger partial charge in [-0.05, 0) is 37.6 Å². The lowest BCUT2D eigenvalue weighted by Crippen LogP contribution is -2.08. The van der Waals surface area contributed by atoms with E-state index in [2.05, 4.69) is 9.97 Å². The van der Waals surface area contributed by atoms with Crippen LogP contribution >= 0.6 is 0 Å². The monoisotopic (exact) mass is 251 g/mol. The van der Waals surface area contributed by atoms with Crippen molar-refractivity contribution in [1.29, 1.82) is 0 Å². The van der Waals surface area contributed by atoms with Crippen LogP contribution in [0.3, 0.4) is 0 Å². The second kappa shape index (κ2) is 4.31. The second-order valence-electron chi connectivity index (χ2n) is 4.52. The quantitative estimate of drug-likeness (QED) is 0.658. The molecule has 4 nitrogen and oxygen atoms in total. The van der Waals surface area contributed by atoms with Crippen LogP contribution in [0.1, 0.15) is 27.4 Å². The van der Waals surface area contributed by atoms with Crippen molar-refractivity contribution < 1.29 is 4.79 Å². The van der Waals surface area contributed by atoms with E-state index in [-0.39, 0.29) is 5.78 Å². The Hall–Kier alpha value is -2.49. The maximum atomic E-state index is 12.5. The number of aryl methyl sites for hydroxylation is 2. The van der Waals surface area contributed by atoms with E-state index in [9.17, 15) is 4.79 Å². The summed E-state index contributed by atoms with van der Waals surface area (Å²) in [4.78, 5) is 21.1. The predicted octanol–water partition coefficient (Wildman–Crippen LogP) is 2.58. The van der Waals surface area contributed by atoms with Crippen molar-refractivity contribution in [2.75, 3.05) is 0 Å². The Balaban J connectivity index is 2.22. The molecule has 0 aromatic carbocycles. The van der Waals surface area contributed by atoms with Gasteiger partial charge in [0.05, 0.1) is 5.69 Å². The molecule has 3 aromatic rings. The fraction of sp³-hybridized carbons (Fsp3) is 0.133. The van der Waals surface area contributed by atoms with E-state index >= 15 is 0 Å². The summed E-state index contributed by atoms with van der Waals surface area (Å²) in [5.74, 6) is -0.101. The van der Waals surface area contributed by atoms with Gasteiger partial charge >= 0.3 is 0 Å². The van der Waals surface area contributed by atoms with Gasteiger partial charge in [0.2, 0.25) is 5.78 Å². The molecule has 3 heterocycles. The number of hydrogen-bond acceptors (Lipinski definition) is 3. The molecule has 0 aliphatic heterocycles. The fourth-order valence-electron chi connectivity index (χ4n) is 2.16. The number of carbonyl (C=O) groups is 1. The number of fused-ring (bicyclic) bond motifs is 1. The first-order chi connectivity index (χ1) is 9.16. The SMILES string of the molecule is Cc1ccc2nc(C)c(C(=O)c3ccccn3)n2c1. The third-order valence-electron chi connectivity index (χ3n) is 3.05. The van der Waals surface area contributed by atoms with Gasteiger partial charge in [-0.15, -0.1) is 0 Å². The van der Waals surface area contributed by atoms with Crippen LogP contribution in [0.5, 0.6) is 0 Å². The van der Waals surface area contributed by atoms with E-state index in [4.69, 9.17) is 0 Å². The molecule has 0 unspecified atom stereocenters. The maximum absolute atomic E-state index is 12.5. The van der Waals surface area contributed by atoms with E-state index in [1.54, 1.807) is 18.3 Å². The molecule has 0 amide bonds. The van der Waals surface area contributed by atoms with Gasteiger partial charge in [-0.2, -0.15) is 0 Å². The normalized spacial score (nSPS) is 10.8. The molecule has 0 atom stereocenters. The van der Waals surface area contributed by atoms with Gasteiger partial charge in [0, 0.05) is 12.4 Å². The van der Waals surface area contributed by atoms with Gasteiger partial charge in [-0.1, -0.05) is 12.1 Å². The van der Waals surface area contributed by atoms with E-state index in [0.717, 1.165) is 16.9 Å². The number of nitrogens with zero attached hydrogens (tertiary/aromatic N) is 3. The van der Waals surface area contributed by atoms with E-state index in [1.165, 1.54) is 0 Å². The molecule has 0 spiro atoms. The van der Waals surface area contributed by atoms with E-state index in [0.29, 0.717) is 11.4 Å². The number of hydrogen-bond donors (Lipinski definition) is 0. The molecular weight excluding hydrogens is 238 g/mol. The van der Waals surface area contributed by atoms with Gasteiger partial charge in [-0.3, -0.25) is 14.2 Å². The minimum absolute atomic E-state index is 0.101. The van der Waals surface area contributed by atoms with E-state index < -0.39 is 0 Å². The minimum atomic E-state index is -0.101. The summed E-state index contributed by atoms with van der Waals surface area (Å²) in [7, 11) is 0.